The van der Waals surface area contributed by atoms with E-state index >= 15 is 0 Å². The van der Waals surface area contributed by atoms with Gasteiger partial charge in [0.15, 0.2) is 5.69 Å². The molecule has 0 spiro atoms. The van der Waals surface area contributed by atoms with Crippen LogP contribution in [0.1, 0.15) is 53.8 Å². The normalized spacial score (nSPS) is 12.3. The maximum absolute atomic E-state index is 13.3. The van der Waals surface area contributed by atoms with Gasteiger partial charge in [-0.15, -0.1) is 0 Å². The van der Waals surface area contributed by atoms with E-state index in [-0.39, 0.29) is 30.2 Å². The first-order chi connectivity index (χ1) is 16.3. The predicted molar refractivity (Wildman–Crippen MR) is 129 cm³/mol. The van der Waals surface area contributed by atoms with E-state index in [2.05, 4.69) is 15.4 Å². The maximum atomic E-state index is 13.3. The van der Waals surface area contributed by atoms with Crippen LogP contribution >= 0.6 is 11.6 Å². The summed E-state index contributed by atoms with van der Waals surface area (Å²) in [5, 5.41) is 17.4. The highest BCUT2D eigenvalue weighted by Gasteiger charge is 2.26. The molecule has 176 valence electrons. The number of aliphatic hydroxyl groups is 1. The summed E-state index contributed by atoms with van der Waals surface area (Å²) in [5.41, 5.74) is 2.49. The minimum atomic E-state index is -0.550. The first-order valence-corrected chi connectivity index (χ1v) is 11.2. The smallest absolute Gasteiger partial charge is 0.274 e. The molecule has 4 rings (SSSR count). The van der Waals surface area contributed by atoms with Gasteiger partial charge in [0, 0.05) is 17.2 Å². The van der Waals surface area contributed by atoms with E-state index in [0.717, 1.165) is 5.56 Å². The highest BCUT2D eigenvalue weighted by molar-refractivity contribution is 6.30. The highest BCUT2D eigenvalue weighted by Crippen LogP contribution is 2.26. The third-order valence-corrected chi connectivity index (χ3v) is 5.86. The zero-order valence-electron chi connectivity index (χ0n) is 18.7. The Morgan fingerprint density at radius 1 is 1.18 bits per heavy atom. The third-order valence-electron chi connectivity index (χ3n) is 5.60. The van der Waals surface area contributed by atoms with Gasteiger partial charge < -0.3 is 15.4 Å². The number of nitrogens with zero attached hydrogens (tertiary/aromatic N) is 2. The number of nitrogens with one attached hydrogen (secondary N) is 2. The van der Waals surface area contributed by atoms with E-state index < -0.39 is 17.8 Å². The summed E-state index contributed by atoms with van der Waals surface area (Å²) in [4.78, 5) is 29.2. The van der Waals surface area contributed by atoms with Gasteiger partial charge in [-0.2, -0.15) is 5.10 Å². The van der Waals surface area contributed by atoms with Crippen LogP contribution in [0.25, 0.3) is 16.8 Å². The Bertz CT molecular complexity index is 1380. The molecular formula is C25H24ClFN4O3. The fourth-order valence-electron chi connectivity index (χ4n) is 3.97. The second-order valence-electron chi connectivity index (χ2n) is 8.30. The van der Waals surface area contributed by atoms with Crippen molar-refractivity contribution >= 4 is 23.0 Å². The molecule has 3 N–H and O–H groups in total. The number of carbonyl (C=O) groups is 1. The molecule has 1 amide bonds. The monoisotopic (exact) mass is 482 g/mol. The van der Waals surface area contributed by atoms with Crippen molar-refractivity contribution in [2.75, 3.05) is 6.61 Å². The van der Waals surface area contributed by atoms with Crippen molar-refractivity contribution in [1.82, 2.24) is 19.9 Å². The molecule has 4 aromatic rings. The Labute approximate surface area is 200 Å². The summed E-state index contributed by atoms with van der Waals surface area (Å²) in [6.07, 6.45) is 1.90. The molecule has 1 atom stereocenters. The number of rotatable bonds is 7. The maximum Gasteiger partial charge on any atom is 0.274 e. The lowest BCUT2D eigenvalue weighted by Crippen LogP contribution is -2.30. The minimum Gasteiger partial charge on any atom is -0.396 e. The summed E-state index contributed by atoms with van der Waals surface area (Å²) in [6, 6.07) is 12.2. The fraction of sp³-hybridized carbons (Fsp3) is 0.240. The zero-order valence-corrected chi connectivity index (χ0v) is 19.4. The molecule has 0 unspecified atom stereocenters. The summed E-state index contributed by atoms with van der Waals surface area (Å²) in [6.45, 7) is 3.59. The van der Waals surface area contributed by atoms with E-state index in [9.17, 15) is 19.1 Å². The first kappa shape index (κ1) is 23.7. The molecule has 9 heteroatoms. The molecular weight excluding hydrogens is 459 g/mol. The van der Waals surface area contributed by atoms with Crippen LogP contribution in [0.5, 0.6) is 0 Å². The Morgan fingerprint density at radius 2 is 1.85 bits per heavy atom. The number of carbonyl (C=O) groups excluding carboxylic acids is 1. The van der Waals surface area contributed by atoms with Crippen LogP contribution in [0.2, 0.25) is 5.02 Å². The Morgan fingerprint density at radius 3 is 2.47 bits per heavy atom. The zero-order chi connectivity index (χ0) is 24.4. The molecule has 0 radical (unpaired) electrons. The standard InChI is InChI=1S/C25H24ClFN4O3/c1-14(2)21-22(24(33)28-19(11-12-32)15-5-9-18(27)10-6-15)30-31-13-20(29-25(34)23(21)31)16-3-7-17(26)8-4-16/h3-10,13-14,19,32H,11-12H2,1-2H3,(H,28,33)(H,29,34)/t19-/m1/s1. The number of hydrogen-bond acceptors (Lipinski definition) is 4. The Balaban J connectivity index is 1.76. The molecule has 0 aliphatic rings. The van der Waals surface area contributed by atoms with E-state index in [1.165, 1.54) is 16.6 Å². The second kappa shape index (κ2) is 9.79. The number of fused-ring (bicyclic) bond motifs is 1. The van der Waals surface area contributed by atoms with Gasteiger partial charge in [0.1, 0.15) is 11.3 Å². The summed E-state index contributed by atoms with van der Waals surface area (Å²) in [5.74, 6) is -1.04. The van der Waals surface area contributed by atoms with Crippen LogP contribution in [0.15, 0.2) is 59.5 Å². The predicted octanol–water partition coefficient (Wildman–Crippen LogP) is 4.46. The van der Waals surface area contributed by atoms with Crippen LogP contribution in [-0.4, -0.2) is 32.2 Å². The number of aliphatic hydroxyl groups excluding tert-OH is 1. The van der Waals surface area contributed by atoms with Crippen molar-refractivity contribution in [3.05, 3.63) is 92.7 Å². The van der Waals surface area contributed by atoms with E-state index in [1.807, 2.05) is 13.8 Å². The van der Waals surface area contributed by atoms with Crippen LogP contribution in [0, 0.1) is 5.82 Å². The summed E-state index contributed by atoms with van der Waals surface area (Å²) >= 11 is 5.97. The van der Waals surface area contributed by atoms with Crippen LogP contribution in [-0.2, 0) is 0 Å². The number of amides is 1. The lowest BCUT2D eigenvalue weighted by Gasteiger charge is -2.18. The Kier molecular flexibility index (Phi) is 6.81. The highest BCUT2D eigenvalue weighted by atomic mass is 35.5. The van der Waals surface area contributed by atoms with Gasteiger partial charge in [0.25, 0.3) is 11.5 Å². The van der Waals surface area contributed by atoms with E-state index in [4.69, 9.17) is 11.6 Å². The number of halogens is 2. The van der Waals surface area contributed by atoms with Crippen LogP contribution in [0.3, 0.4) is 0 Å². The van der Waals surface area contributed by atoms with Gasteiger partial charge in [-0.05, 0) is 47.7 Å². The van der Waals surface area contributed by atoms with Crippen molar-refractivity contribution in [3.63, 3.8) is 0 Å². The molecule has 0 saturated heterocycles. The quantitative estimate of drug-likeness (QED) is 0.362. The summed E-state index contributed by atoms with van der Waals surface area (Å²) in [7, 11) is 0. The number of benzene rings is 2. The van der Waals surface area contributed by atoms with Crippen molar-refractivity contribution in [1.29, 1.82) is 0 Å². The molecule has 7 nitrogen and oxygen atoms in total. The summed E-state index contributed by atoms with van der Waals surface area (Å²) < 4.78 is 14.8. The molecule has 0 aliphatic heterocycles. The molecule has 0 aliphatic carbocycles. The molecule has 2 heterocycles. The topological polar surface area (TPSA) is 99.5 Å². The van der Waals surface area contributed by atoms with Gasteiger partial charge in [-0.3, -0.25) is 9.59 Å². The van der Waals surface area contributed by atoms with Gasteiger partial charge >= 0.3 is 0 Å². The minimum absolute atomic E-state index is 0.124. The first-order valence-electron chi connectivity index (χ1n) is 10.9. The second-order valence-corrected chi connectivity index (χ2v) is 8.74. The SMILES string of the molecule is CC(C)c1c(C(=O)N[C@H](CCO)c2ccc(F)cc2)nn2cc(-c3ccc(Cl)cc3)[nH]c(=O)c12. The van der Waals surface area contributed by atoms with Crippen LogP contribution < -0.4 is 10.9 Å². The third kappa shape index (κ3) is 4.73. The van der Waals surface area contributed by atoms with Gasteiger partial charge in [-0.25, -0.2) is 8.91 Å². The van der Waals surface area contributed by atoms with E-state index in [1.54, 1.807) is 42.6 Å². The molecule has 2 aromatic heterocycles. The molecule has 34 heavy (non-hydrogen) atoms. The molecule has 0 fully saturated rings. The largest absolute Gasteiger partial charge is 0.396 e. The number of aromatic nitrogens is 3. The van der Waals surface area contributed by atoms with Crippen molar-refractivity contribution in [2.45, 2.75) is 32.2 Å². The van der Waals surface area contributed by atoms with Crippen LogP contribution in [0.4, 0.5) is 4.39 Å². The number of aromatic amines is 1. The molecule has 0 bridgehead atoms. The lowest BCUT2D eigenvalue weighted by molar-refractivity contribution is 0.0923. The fourth-order valence-corrected chi connectivity index (χ4v) is 4.09. The lowest BCUT2D eigenvalue weighted by atomic mass is 10.00. The average molecular weight is 483 g/mol. The van der Waals surface area contributed by atoms with Crippen molar-refractivity contribution in [2.24, 2.45) is 0 Å². The molecule has 2 aromatic carbocycles. The van der Waals surface area contributed by atoms with Crippen molar-refractivity contribution in [3.8, 4) is 11.3 Å². The van der Waals surface area contributed by atoms with Crippen molar-refractivity contribution < 1.29 is 14.3 Å². The van der Waals surface area contributed by atoms with Gasteiger partial charge in [0.2, 0.25) is 0 Å². The molecule has 0 saturated carbocycles. The average Bonchev–Trinajstić information content (AvgIpc) is 3.20. The number of H-pyrrole nitrogens is 1. The Hall–Kier alpha value is -3.49. The number of hydrogen-bond donors (Lipinski definition) is 3. The van der Waals surface area contributed by atoms with E-state index in [0.29, 0.717) is 27.4 Å². The van der Waals surface area contributed by atoms with Gasteiger partial charge in [-0.1, -0.05) is 49.7 Å². The van der Waals surface area contributed by atoms with Gasteiger partial charge in [0.05, 0.1) is 17.9 Å².